The van der Waals surface area contributed by atoms with Crippen molar-refractivity contribution in [3.05, 3.63) is 40.2 Å². The Bertz CT molecular complexity index is 1010. The third-order valence-electron chi connectivity index (χ3n) is 6.28. The Labute approximate surface area is 172 Å². The van der Waals surface area contributed by atoms with Crippen LogP contribution in [0, 0.1) is 5.41 Å². The highest BCUT2D eigenvalue weighted by Gasteiger charge is 2.41. The van der Waals surface area contributed by atoms with Crippen molar-refractivity contribution in [2.24, 2.45) is 12.5 Å². The topological polar surface area (TPSA) is 73.4 Å². The van der Waals surface area contributed by atoms with E-state index in [2.05, 4.69) is 11.9 Å². The second-order valence-corrected chi connectivity index (χ2v) is 8.43. The van der Waals surface area contributed by atoms with Crippen molar-refractivity contribution in [3.8, 4) is 11.1 Å². The first-order valence-corrected chi connectivity index (χ1v) is 10.0. The lowest BCUT2D eigenvalue weighted by molar-refractivity contribution is -0.137. The first-order chi connectivity index (χ1) is 14.1. The van der Waals surface area contributed by atoms with Crippen LogP contribution < -0.4 is 16.2 Å². The highest BCUT2D eigenvalue weighted by atomic mass is 19.4. The molecule has 1 aromatic heterocycles. The molecule has 162 valence electrons. The van der Waals surface area contributed by atoms with Crippen LogP contribution in [0.4, 0.5) is 24.9 Å². The van der Waals surface area contributed by atoms with Gasteiger partial charge in [0, 0.05) is 20.1 Å². The van der Waals surface area contributed by atoms with Gasteiger partial charge in [0.15, 0.2) is 0 Å². The van der Waals surface area contributed by atoms with Crippen molar-refractivity contribution in [1.29, 1.82) is 0 Å². The molecule has 0 unspecified atom stereocenters. The SMILES string of the molecule is C[C@H]1CC2(CCN(c3nc(N)c(-c4cccc(C(F)(F)F)c4)c(=O)n3C)CC2)CO1. The fourth-order valence-corrected chi connectivity index (χ4v) is 4.59. The van der Waals surface area contributed by atoms with Crippen LogP contribution in [0.15, 0.2) is 29.1 Å². The number of hydrogen-bond acceptors (Lipinski definition) is 5. The third kappa shape index (κ3) is 3.66. The van der Waals surface area contributed by atoms with Crippen LogP contribution in [0.3, 0.4) is 0 Å². The molecule has 1 aromatic carbocycles. The molecule has 2 aromatic rings. The molecule has 0 amide bonds. The normalized spacial score (nSPS) is 21.4. The van der Waals surface area contributed by atoms with Gasteiger partial charge in [-0.15, -0.1) is 0 Å². The molecule has 0 saturated carbocycles. The van der Waals surface area contributed by atoms with Gasteiger partial charge in [-0.2, -0.15) is 18.2 Å². The van der Waals surface area contributed by atoms with Gasteiger partial charge < -0.3 is 15.4 Å². The van der Waals surface area contributed by atoms with E-state index in [-0.39, 0.29) is 28.5 Å². The number of nitrogens with zero attached hydrogens (tertiary/aromatic N) is 3. The molecule has 2 saturated heterocycles. The summed E-state index contributed by atoms with van der Waals surface area (Å²) in [6.07, 6.45) is -1.34. The summed E-state index contributed by atoms with van der Waals surface area (Å²) in [4.78, 5) is 19.4. The van der Waals surface area contributed by atoms with E-state index in [9.17, 15) is 18.0 Å². The summed E-state index contributed by atoms with van der Waals surface area (Å²) in [7, 11) is 1.58. The first kappa shape index (κ1) is 20.7. The summed E-state index contributed by atoms with van der Waals surface area (Å²) < 4.78 is 46.4. The smallest absolute Gasteiger partial charge is 0.383 e. The van der Waals surface area contributed by atoms with E-state index >= 15 is 0 Å². The van der Waals surface area contributed by atoms with Gasteiger partial charge in [-0.25, -0.2) is 0 Å². The number of rotatable bonds is 2. The summed E-state index contributed by atoms with van der Waals surface area (Å²) in [5, 5.41) is 0. The molecule has 3 heterocycles. The standard InChI is InChI=1S/C21H25F3N4O2/c1-13-11-20(12-30-13)6-8-28(9-7-20)19-26-17(25)16(18(29)27(19)2)14-4-3-5-15(10-14)21(22,23)24/h3-5,10,13H,6-9,11-12,25H2,1-2H3/t13-/m0/s1. The Balaban J connectivity index is 1.64. The Morgan fingerprint density at radius 3 is 2.57 bits per heavy atom. The van der Waals surface area contributed by atoms with Crippen molar-refractivity contribution in [2.45, 2.75) is 38.5 Å². The summed E-state index contributed by atoms with van der Waals surface area (Å²) in [6, 6.07) is 4.60. The number of hydrogen-bond donors (Lipinski definition) is 1. The van der Waals surface area contributed by atoms with E-state index in [4.69, 9.17) is 10.5 Å². The Morgan fingerprint density at radius 1 is 1.27 bits per heavy atom. The van der Waals surface area contributed by atoms with E-state index in [0.717, 1.165) is 51.1 Å². The predicted molar refractivity (Wildman–Crippen MR) is 108 cm³/mol. The van der Waals surface area contributed by atoms with Crippen LogP contribution in [-0.2, 0) is 18.0 Å². The van der Waals surface area contributed by atoms with E-state index in [1.54, 1.807) is 7.05 Å². The van der Waals surface area contributed by atoms with Crippen molar-refractivity contribution in [2.75, 3.05) is 30.3 Å². The number of alkyl halides is 3. The Hall–Kier alpha value is -2.55. The lowest BCUT2D eigenvalue weighted by Gasteiger charge is -2.39. The van der Waals surface area contributed by atoms with Gasteiger partial charge in [-0.3, -0.25) is 9.36 Å². The first-order valence-electron chi connectivity index (χ1n) is 10.0. The average Bonchev–Trinajstić information content (AvgIpc) is 3.05. The van der Waals surface area contributed by atoms with Crippen LogP contribution in [-0.4, -0.2) is 35.4 Å². The predicted octanol–water partition coefficient (Wildman–Crippen LogP) is 3.44. The number of nitrogen functional groups attached to an aromatic ring is 1. The summed E-state index contributed by atoms with van der Waals surface area (Å²) in [5.74, 6) is 0.376. The number of piperidine rings is 1. The largest absolute Gasteiger partial charge is 0.416 e. The van der Waals surface area contributed by atoms with Crippen LogP contribution in [0.25, 0.3) is 11.1 Å². The quantitative estimate of drug-likeness (QED) is 0.803. The van der Waals surface area contributed by atoms with Crippen molar-refractivity contribution in [3.63, 3.8) is 0 Å². The minimum absolute atomic E-state index is 0.0150. The molecule has 2 aliphatic heterocycles. The summed E-state index contributed by atoms with van der Waals surface area (Å²) in [5.41, 5.74) is 5.05. The fraction of sp³-hybridized carbons (Fsp3) is 0.524. The molecule has 0 aliphatic carbocycles. The van der Waals surface area contributed by atoms with Gasteiger partial charge in [0.25, 0.3) is 5.56 Å². The van der Waals surface area contributed by atoms with Crippen LogP contribution in [0.1, 0.15) is 31.7 Å². The summed E-state index contributed by atoms with van der Waals surface area (Å²) in [6.45, 7) is 4.28. The van der Waals surface area contributed by atoms with E-state index in [1.807, 2.05) is 4.90 Å². The molecular formula is C21H25F3N4O2. The molecule has 4 rings (SSSR count). The maximum absolute atomic E-state index is 13.1. The van der Waals surface area contributed by atoms with Crippen molar-refractivity contribution < 1.29 is 17.9 Å². The van der Waals surface area contributed by atoms with Gasteiger partial charge in [0.1, 0.15) is 5.82 Å². The average molecular weight is 422 g/mol. The Kier molecular flexibility index (Phi) is 5.04. The molecule has 30 heavy (non-hydrogen) atoms. The number of benzene rings is 1. The zero-order chi connectivity index (χ0) is 21.7. The number of nitrogens with two attached hydrogens (primary N) is 1. The third-order valence-corrected chi connectivity index (χ3v) is 6.28. The van der Waals surface area contributed by atoms with Crippen molar-refractivity contribution >= 4 is 11.8 Å². The van der Waals surface area contributed by atoms with Crippen LogP contribution >= 0.6 is 0 Å². The number of anilines is 2. The summed E-state index contributed by atoms with van der Waals surface area (Å²) >= 11 is 0. The lowest BCUT2D eigenvalue weighted by Crippen LogP contribution is -2.43. The van der Waals surface area contributed by atoms with E-state index < -0.39 is 17.3 Å². The molecule has 9 heteroatoms. The molecule has 2 aliphatic rings. The van der Waals surface area contributed by atoms with Crippen LogP contribution in [0.5, 0.6) is 0 Å². The maximum Gasteiger partial charge on any atom is 0.416 e. The van der Waals surface area contributed by atoms with Gasteiger partial charge in [-0.1, -0.05) is 12.1 Å². The molecule has 1 atom stereocenters. The lowest BCUT2D eigenvalue weighted by atomic mass is 9.77. The zero-order valence-corrected chi connectivity index (χ0v) is 17.0. The molecule has 6 nitrogen and oxygen atoms in total. The number of halogens is 3. The Morgan fingerprint density at radius 2 is 1.97 bits per heavy atom. The minimum Gasteiger partial charge on any atom is -0.383 e. The van der Waals surface area contributed by atoms with Gasteiger partial charge in [0.2, 0.25) is 5.95 Å². The molecule has 0 radical (unpaired) electrons. The molecule has 0 bridgehead atoms. The monoisotopic (exact) mass is 422 g/mol. The van der Waals surface area contributed by atoms with Gasteiger partial charge >= 0.3 is 6.18 Å². The van der Waals surface area contributed by atoms with E-state index in [1.165, 1.54) is 16.7 Å². The van der Waals surface area contributed by atoms with Crippen LogP contribution in [0.2, 0.25) is 0 Å². The maximum atomic E-state index is 13.1. The number of aromatic nitrogens is 2. The van der Waals surface area contributed by atoms with E-state index in [0.29, 0.717) is 5.95 Å². The zero-order valence-electron chi connectivity index (χ0n) is 17.0. The fourth-order valence-electron chi connectivity index (χ4n) is 4.59. The highest BCUT2D eigenvalue weighted by Crippen LogP contribution is 2.42. The second kappa shape index (κ2) is 7.30. The molecule has 2 N–H and O–H groups in total. The minimum atomic E-state index is -4.51. The molecule has 1 spiro atoms. The second-order valence-electron chi connectivity index (χ2n) is 8.43. The molecular weight excluding hydrogens is 397 g/mol. The molecule has 2 fully saturated rings. The van der Waals surface area contributed by atoms with Gasteiger partial charge in [0.05, 0.1) is 23.8 Å². The van der Waals surface area contributed by atoms with Gasteiger partial charge in [-0.05, 0) is 49.3 Å². The highest BCUT2D eigenvalue weighted by molar-refractivity contribution is 5.74. The van der Waals surface area contributed by atoms with Crippen molar-refractivity contribution in [1.82, 2.24) is 9.55 Å². The number of ether oxygens (including phenoxy) is 1.